The summed E-state index contributed by atoms with van der Waals surface area (Å²) < 4.78 is 56.3. The van der Waals surface area contributed by atoms with Crippen molar-refractivity contribution >= 4 is 23.2 Å². The molecule has 5 heterocycles. The molecule has 4 aromatic rings. The zero-order valence-electron chi connectivity index (χ0n) is 23.8. The van der Waals surface area contributed by atoms with E-state index in [0.717, 1.165) is 51.1 Å². The number of nitrogens with zero attached hydrogens (tertiary/aromatic N) is 9. The highest BCUT2D eigenvalue weighted by atomic mass is 35.5. The van der Waals surface area contributed by atoms with Crippen LogP contribution in [0.5, 0.6) is 5.75 Å². The van der Waals surface area contributed by atoms with Crippen molar-refractivity contribution in [2.45, 2.75) is 57.1 Å². The van der Waals surface area contributed by atoms with Crippen LogP contribution >= 0.6 is 11.6 Å². The van der Waals surface area contributed by atoms with Gasteiger partial charge in [-0.2, -0.15) is 18.3 Å². The molecule has 2 aliphatic heterocycles. The van der Waals surface area contributed by atoms with Gasteiger partial charge in [-0.15, -0.1) is 5.10 Å². The van der Waals surface area contributed by atoms with Gasteiger partial charge in [-0.25, -0.2) is 14.6 Å². The van der Waals surface area contributed by atoms with E-state index in [1.165, 1.54) is 29.6 Å². The monoisotopic (exact) mass is 630 g/mol. The van der Waals surface area contributed by atoms with E-state index in [2.05, 4.69) is 40.8 Å². The molecule has 3 aliphatic rings. The Bertz CT molecular complexity index is 1590. The lowest BCUT2D eigenvalue weighted by Crippen LogP contribution is -2.65. The molecule has 2 saturated heterocycles. The largest absolute Gasteiger partial charge is 0.487 e. The van der Waals surface area contributed by atoms with E-state index in [1.807, 2.05) is 6.92 Å². The number of likely N-dealkylation sites (tertiary alicyclic amines) is 1. The second kappa shape index (κ2) is 11.3. The van der Waals surface area contributed by atoms with Crippen molar-refractivity contribution in [3.05, 3.63) is 53.8 Å². The fraction of sp³-hybridized carbons (Fsp3) is 0.500. The Kier molecular flexibility index (Phi) is 7.41. The number of hydrogen-bond donors (Lipinski definition) is 1. The topological polar surface area (TPSA) is 121 Å². The molecular weight excluding hydrogens is 601 g/mol. The zero-order chi connectivity index (χ0) is 30.5. The third-order valence-electron chi connectivity index (χ3n) is 8.54. The van der Waals surface area contributed by atoms with Gasteiger partial charge in [0, 0.05) is 49.9 Å². The molecule has 1 saturated carbocycles. The fourth-order valence-corrected chi connectivity index (χ4v) is 6.53. The van der Waals surface area contributed by atoms with E-state index in [1.54, 1.807) is 22.9 Å². The molecule has 0 bridgehead atoms. The van der Waals surface area contributed by atoms with Gasteiger partial charge in [0.2, 0.25) is 5.95 Å². The second-order valence-corrected chi connectivity index (χ2v) is 12.3. The molecule has 16 heteroatoms. The number of nitrogens with one attached hydrogen (secondary N) is 1. The van der Waals surface area contributed by atoms with Gasteiger partial charge < -0.3 is 14.8 Å². The number of anilines is 2. The standard InChI is InChI=1S/C28H30ClF3N10O2/c1-17(11-41-16-35-38-39-41)44-24-6-18(2-3-22(24)29)19-9-33-26(34-10-19)36-23-12-42(37-25(23)28(30,31)32)21-7-27(8-21)14-40(15-27)20-4-5-43-13-20/h2-3,6,9-10,12,16-17,20-21H,4-5,7-8,11,13-15H2,1H3,(H,33,34,36)/t17-,20?/m0/s1. The molecule has 1 N–H and O–H groups in total. The molecular formula is C28H30ClF3N10O2. The van der Waals surface area contributed by atoms with Crippen molar-refractivity contribution in [1.82, 2.24) is 44.9 Å². The zero-order valence-corrected chi connectivity index (χ0v) is 24.5. The average molecular weight is 631 g/mol. The van der Waals surface area contributed by atoms with Crippen LogP contribution in [0, 0.1) is 5.41 Å². The van der Waals surface area contributed by atoms with Crippen molar-refractivity contribution in [2.75, 3.05) is 31.6 Å². The molecule has 3 aromatic heterocycles. The van der Waals surface area contributed by atoms with Gasteiger partial charge in [0.15, 0.2) is 5.69 Å². The second-order valence-electron chi connectivity index (χ2n) is 11.9. The van der Waals surface area contributed by atoms with Gasteiger partial charge in [-0.1, -0.05) is 17.7 Å². The minimum absolute atomic E-state index is 0.0257. The van der Waals surface area contributed by atoms with E-state index >= 15 is 0 Å². The van der Waals surface area contributed by atoms with Gasteiger partial charge in [-0.05, 0) is 59.7 Å². The van der Waals surface area contributed by atoms with Gasteiger partial charge in [-0.3, -0.25) is 9.58 Å². The predicted molar refractivity (Wildman–Crippen MR) is 152 cm³/mol. The quantitative estimate of drug-likeness (QED) is 0.280. The maximum atomic E-state index is 13.9. The first kappa shape index (κ1) is 28.9. The van der Waals surface area contributed by atoms with Crippen LogP contribution in [0.3, 0.4) is 0 Å². The first-order chi connectivity index (χ1) is 21.1. The number of aromatic nitrogens is 8. The molecule has 12 nitrogen and oxygen atoms in total. The number of tetrazole rings is 1. The van der Waals surface area contributed by atoms with Gasteiger partial charge in [0.1, 0.15) is 18.2 Å². The lowest BCUT2D eigenvalue weighted by Gasteiger charge is -2.60. The summed E-state index contributed by atoms with van der Waals surface area (Å²) in [5.74, 6) is 0.479. The van der Waals surface area contributed by atoms with Crippen LogP contribution in [0.15, 0.2) is 43.1 Å². The summed E-state index contributed by atoms with van der Waals surface area (Å²) >= 11 is 6.36. The fourth-order valence-electron chi connectivity index (χ4n) is 6.36. The minimum atomic E-state index is -4.63. The summed E-state index contributed by atoms with van der Waals surface area (Å²) in [7, 11) is 0. The van der Waals surface area contributed by atoms with Gasteiger partial charge in [0.05, 0.1) is 29.9 Å². The molecule has 0 radical (unpaired) electrons. The third kappa shape index (κ3) is 5.83. The van der Waals surface area contributed by atoms with Crippen LogP contribution in [0.4, 0.5) is 24.8 Å². The van der Waals surface area contributed by atoms with Crippen molar-refractivity contribution < 1.29 is 22.6 Å². The first-order valence-corrected chi connectivity index (χ1v) is 14.8. The van der Waals surface area contributed by atoms with Crippen molar-refractivity contribution in [3.63, 3.8) is 0 Å². The summed E-state index contributed by atoms with van der Waals surface area (Å²) in [6.07, 6.45) is 3.71. The van der Waals surface area contributed by atoms with Crippen LogP contribution in [0.2, 0.25) is 5.02 Å². The molecule has 0 amide bonds. The summed E-state index contributed by atoms with van der Waals surface area (Å²) in [6, 6.07) is 5.63. The third-order valence-corrected chi connectivity index (χ3v) is 8.85. The normalized spacial score (nSPS) is 20.8. The molecule has 44 heavy (non-hydrogen) atoms. The Labute approximate surface area is 255 Å². The van der Waals surface area contributed by atoms with Gasteiger partial charge in [0.25, 0.3) is 0 Å². The predicted octanol–water partition coefficient (Wildman–Crippen LogP) is 4.64. The molecule has 1 spiro atoms. The molecule has 1 aromatic carbocycles. The summed E-state index contributed by atoms with van der Waals surface area (Å²) in [5.41, 5.74) is 0.366. The highest BCUT2D eigenvalue weighted by Gasteiger charge is 2.55. The van der Waals surface area contributed by atoms with Crippen molar-refractivity contribution in [1.29, 1.82) is 0 Å². The Morgan fingerprint density at radius 1 is 1.16 bits per heavy atom. The highest BCUT2D eigenvalue weighted by molar-refractivity contribution is 6.32. The Morgan fingerprint density at radius 3 is 2.64 bits per heavy atom. The lowest BCUT2D eigenvalue weighted by atomic mass is 9.60. The van der Waals surface area contributed by atoms with Crippen LogP contribution in [-0.4, -0.2) is 83.3 Å². The number of halogens is 4. The number of rotatable bonds is 9. The maximum absolute atomic E-state index is 13.9. The number of ether oxygens (including phenoxy) is 2. The van der Waals surface area contributed by atoms with Crippen LogP contribution in [0.1, 0.15) is 37.9 Å². The van der Waals surface area contributed by atoms with E-state index in [9.17, 15) is 13.2 Å². The maximum Gasteiger partial charge on any atom is 0.437 e. The summed E-state index contributed by atoms with van der Waals surface area (Å²) in [6.45, 7) is 5.79. The molecule has 1 aliphatic carbocycles. The molecule has 2 atom stereocenters. The Balaban J connectivity index is 1.01. The molecule has 3 fully saturated rings. The summed E-state index contributed by atoms with van der Waals surface area (Å²) in [4.78, 5) is 11.0. The summed E-state index contributed by atoms with van der Waals surface area (Å²) in [5, 5.41) is 18.2. The van der Waals surface area contributed by atoms with Crippen molar-refractivity contribution in [2.24, 2.45) is 5.41 Å². The minimum Gasteiger partial charge on any atom is -0.487 e. The smallest absolute Gasteiger partial charge is 0.437 e. The molecule has 232 valence electrons. The Hall–Kier alpha value is -3.82. The van der Waals surface area contributed by atoms with Crippen LogP contribution < -0.4 is 10.1 Å². The number of hydrogen-bond acceptors (Lipinski definition) is 10. The first-order valence-electron chi connectivity index (χ1n) is 14.4. The lowest BCUT2D eigenvalue weighted by molar-refractivity contribution is -0.142. The highest BCUT2D eigenvalue weighted by Crippen LogP contribution is 2.55. The van der Waals surface area contributed by atoms with Crippen LogP contribution in [0.25, 0.3) is 11.1 Å². The van der Waals surface area contributed by atoms with E-state index < -0.39 is 11.9 Å². The van der Waals surface area contributed by atoms with E-state index in [-0.39, 0.29) is 29.2 Å². The Morgan fingerprint density at radius 2 is 1.95 bits per heavy atom. The number of benzene rings is 1. The molecule has 7 rings (SSSR count). The van der Waals surface area contributed by atoms with Gasteiger partial charge >= 0.3 is 6.18 Å². The van der Waals surface area contributed by atoms with Crippen LogP contribution in [-0.2, 0) is 17.5 Å². The molecule has 1 unspecified atom stereocenters. The average Bonchev–Trinajstić information content (AvgIpc) is 3.72. The number of alkyl halides is 3. The van der Waals surface area contributed by atoms with E-state index in [4.69, 9.17) is 21.1 Å². The van der Waals surface area contributed by atoms with Crippen molar-refractivity contribution in [3.8, 4) is 16.9 Å². The van der Waals surface area contributed by atoms with E-state index in [0.29, 0.717) is 28.9 Å². The SMILES string of the molecule is C[C@@H](Cn1cnnn1)Oc1cc(-c2cnc(Nc3cn(C4CC5(C4)CN(C4CCOC4)C5)nc3C(F)(F)F)nc2)ccc1Cl.